The van der Waals surface area contributed by atoms with Gasteiger partial charge in [-0.05, 0) is 42.9 Å². The van der Waals surface area contributed by atoms with E-state index in [2.05, 4.69) is 31.3 Å². The van der Waals surface area contributed by atoms with Crippen molar-refractivity contribution in [1.82, 2.24) is 9.80 Å². The second-order valence-electron chi connectivity index (χ2n) is 6.88. The molecule has 0 aliphatic carbocycles. The average Bonchev–Trinajstić information content (AvgIpc) is 2.61. The summed E-state index contributed by atoms with van der Waals surface area (Å²) < 4.78 is 0. The Morgan fingerprint density at radius 3 is 2.54 bits per heavy atom. The van der Waals surface area contributed by atoms with E-state index in [1.54, 1.807) is 23.9 Å². The molecular weight excluding hydrogens is 302 g/mol. The van der Waals surface area contributed by atoms with Gasteiger partial charge < -0.3 is 15.1 Å². The predicted molar refractivity (Wildman–Crippen MR) is 97.2 cm³/mol. The zero-order chi connectivity index (χ0) is 17.7. The van der Waals surface area contributed by atoms with Crippen LogP contribution in [0, 0.1) is 5.92 Å². The molecule has 3 amide bonds. The van der Waals surface area contributed by atoms with Gasteiger partial charge in [-0.1, -0.05) is 26.0 Å². The molecule has 5 nitrogen and oxygen atoms in total. The van der Waals surface area contributed by atoms with Crippen LogP contribution in [-0.4, -0.2) is 48.9 Å². The highest BCUT2D eigenvalue weighted by Gasteiger charge is 2.29. The van der Waals surface area contributed by atoms with E-state index in [1.165, 1.54) is 5.56 Å². The number of carbonyl (C=O) groups excluding carboxylic acids is 2. The Labute approximate surface area is 145 Å². The van der Waals surface area contributed by atoms with Crippen LogP contribution >= 0.6 is 0 Å². The Morgan fingerprint density at radius 1 is 1.29 bits per heavy atom. The van der Waals surface area contributed by atoms with Gasteiger partial charge in [-0.25, -0.2) is 4.79 Å². The van der Waals surface area contributed by atoms with E-state index in [0.717, 1.165) is 31.5 Å². The smallest absolute Gasteiger partial charge is 0.319 e. The number of hydrogen-bond acceptors (Lipinski definition) is 2. The lowest BCUT2D eigenvalue weighted by molar-refractivity contribution is -0.121. The molecule has 0 bridgehead atoms. The highest BCUT2D eigenvalue weighted by Crippen LogP contribution is 2.22. The first kappa shape index (κ1) is 18.3. The van der Waals surface area contributed by atoms with E-state index in [1.807, 2.05) is 12.1 Å². The number of benzene rings is 1. The second-order valence-corrected chi connectivity index (χ2v) is 6.88. The lowest BCUT2D eigenvalue weighted by atomic mass is 9.96. The Hall–Kier alpha value is -2.04. The molecule has 2 atom stereocenters. The van der Waals surface area contributed by atoms with Crippen molar-refractivity contribution in [3.05, 3.63) is 29.8 Å². The average molecular weight is 331 g/mol. The molecule has 2 rings (SSSR count). The van der Waals surface area contributed by atoms with Gasteiger partial charge in [-0.3, -0.25) is 4.79 Å². The maximum atomic E-state index is 12.5. The van der Waals surface area contributed by atoms with Crippen LogP contribution in [0.2, 0.25) is 0 Å². The van der Waals surface area contributed by atoms with E-state index >= 15 is 0 Å². The van der Waals surface area contributed by atoms with Crippen LogP contribution in [0.25, 0.3) is 0 Å². The molecular formula is C19H29N3O2. The number of hydrogen-bond donors (Lipinski definition) is 1. The molecule has 24 heavy (non-hydrogen) atoms. The van der Waals surface area contributed by atoms with Gasteiger partial charge >= 0.3 is 6.03 Å². The van der Waals surface area contributed by atoms with E-state index in [0.29, 0.717) is 12.5 Å². The molecule has 1 heterocycles. The van der Waals surface area contributed by atoms with Crippen LogP contribution < -0.4 is 5.32 Å². The third kappa shape index (κ3) is 4.49. The first-order valence-corrected chi connectivity index (χ1v) is 8.79. The predicted octanol–water partition coefficient (Wildman–Crippen LogP) is 3.53. The standard InChI is InChI=1S/C19H29N3O2/c1-5-14(2)15-8-10-17(11-9-15)20-18(23)16-7-6-12-22(13-16)19(24)21(3)4/h8-11,14,16H,5-7,12-13H2,1-4H3,(H,20,23)/t14-,16-/m0/s1. The highest BCUT2D eigenvalue weighted by atomic mass is 16.2. The number of carbonyl (C=O) groups is 2. The summed E-state index contributed by atoms with van der Waals surface area (Å²) in [5, 5.41) is 2.99. The Bertz CT molecular complexity index is 568. The maximum Gasteiger partial charge on any atom is 0.319 e. The minimum atomic E-state index is -0.142. The zero-order valence-electron chi connectivity index (χ0n) is 15.2. The summed E-state index contributed by atoms with van der Waals surface area (Å²) in [4.78, 5) is 27.9. The topological polar surface area (TPSA) is 52.7 Å². The fraction of sp³-hybridized carbons (Fsp3) is 0.579. The number of urea groups is 1. The molecule has 1 aromatic rings. The summed E-state index contributed by atoms with van der Waals surface area (Å²) >= 11 is 0. The van der Waals surface area contributed by atoms with Crippen molar-refractivity contribution in [3.8, 4) is 0 Å². The van der Waals surface area contributed by atoms with Gasteiger partial charge in [0.1, 0.15) is 0 Å². The van der Waals surface area contributed by atoms with E-state index in [-0.39, 0.29) is 17.9 Å². The second kappa shape index (κ2) is 8.18. The summed E-state index contributed by atoms with van der Waals surface area (Å²) in [7, 11) is 3.48. The minimum absolute atomic E-state index is 0.00236. The fourth-order valence-electron chi connectivity index (χ4n) is 3.02. The van der Waals surface area contributed by atoms with Crippen molar-refractivity contribution in [2.24, 2.45) is 5.92 Å². The number of rotatable bonds is 4. The molecule has 0 aromatic heterocycles. The number of anilines is 1. The molecule has 0 radical (unpaired) electrons. The molecule has 0 spiro atoms. The number of nitrogens with one attached hydrogen (secondary N) is 1. The molecule has 0 saturated carbocycles. The number of piperidine rings is 1. The summed E-state index contributed by atoms with van der Waals surface area (Å²) in [6, 6.07) is 8.06. The molecule has 1 aliphatic rings. The third-order valence-electron chi connectivity index (χ3n) is 4.80. The molecule has 1 fully saturated rings. The molecule has 0 unspecified atom stereocenters. The fourth-order valence-corrected chi connectivity index (χ4v) is 3.02. The first-order chi connectivity index (χ1) is 11.4. The summed E-state index contributed by atoms with van der Waals surface area (Å²) in [6.45, 7) is 5.59. The Morgan fingerprint density at radius 2 is 1.96 bits per heavy atom. The lowest BCUT2D eigenvalue weighted by Crippen LogP contribution is -2.47. The van der Waals surface area contributed by atoms with Crippen LogP contribution in [0.4, 0.5) is 10.5 Å². The van der Waals surface area contributed by atoms with Crippen LogP contribution in [-0.2, 0) is 4.79 Å². The molecule has 1 aliphatic heterocycles. The zero-order valence-corrected chi connectivity index (χ0v) is 15.2. The third-order valence-corrected chi connectivity index (χ3v) is 4.80. The SMILES string of the molecule is CC[C@H](C)c1ccc(NC(=O)[C@H]2CCCN(C(=O)N(C)C)C2)cc1. The van der Waals surface area contributed by atoms with E-state index < -0.39 is 0 Å². The van der Waals surface area contributed by atoms with Crippen LogP contribution in [0.5, 0.6) is 0 Å². The molecule has 1 N–H and O–H groups in total. The van der Waals surface area contributed by atoms with Gasteiger partial charge in [0, 0.05) is 32.9 Å². The number of nitrogens with zero attached hydrogens (tertiary/aromatic N) is 2. The quantitative estimate of drug-likeness (QED) is 0.917. The van der Waals surface area contributed by atoms with Gasteiger partial charge in [0.25, 0.3) is 0 Å². The van der Waals surface area contributed by atoms with Gasteiger partial charge in [-0.15, -0.1) is 0 Å². The van der Waals surface area contributed by atoms with Crippen LogP contribution in [0.1, 0.15) is 44.6 Å². The Kier molecular flexibility index (Phi) is 6.23. The molecule has 1 aromatic carbocycles. The van der Waals surface area contributed by atoms with Crippen molar-refractivity contribution in [1.29, 1.82) is 0 Å². The van der Waals surface area contributed by atoms with Crippen molar-refractivity contribution in [2.75, 3.05) is 32.5 Å². The monoisotopic (exact) mass is 331 g/mol. The van der Waals surface area contributed by atoms with Gasteiger partial charge in [0.15, 0.2) is 0 Å². The maximum absolute atomic E-state index is 12.5. The van der Waals surface area contributed by atoms with Gasteiger partial charge in [0.05, 0.1) is 5.92 Å². The summed E-state index contributed by atoms with van der Waals surface area (Å²) in [6.07, 6.45) is 2.79. The summed E-state index contributed by atoms with van der Waals surface area (Å²) in [5.74, 6) is 0.387. The lowest BCUT2D eigenvalue weighted by Gasteiger charge is -2.33. The number of likely N-dealkylation sites (tertiary alicyclic amines) is 1. The highest BCUT2D eigenvalue weighted by molar-refractivity contribution is 5.93. The van der Waals surface area contributed by atoms with Crippen molar-refractivity contribution in [3.63, 3.8) is 0 Å². The Balaban J connectivity index is 1.95. The molecule has 5 heteroatoms. The molecule has 132 valence electrons. The van der Waals surface area contributed by atoms with Gasteiger partial charge in [-0.2, -0.15) is 0 Å². The first-order valence-electron chi connectivity index (χ1n) is 8.79. The van der Waals surface area contributed by atoms with Crippen LogP contribution in [0.3, 0.4) is 0 Å². The summed E-state index contributed by atoms with van der Waals surface area (Å²) in [5.41, 5.74) is 2.11. The van der Waals surface area contributed by atoms with E-state index in [4.69, 9.17) is 0 Å². The van der Waals surface area contributed by atoms with Crippen molar-refractivity contribution < 1.29 is 9.59 Å². The molecule has 1 saturated heterocycles. The van der Waals surface area contributed by atoms with Crippen molar-refractivity contribution >= 4 is 17.6 Å². The largest absolute Gasteiger partial charge is 0.331 e. The van der Waals surface area contributed by atoms with Crippen LogP contribution in [0.15, 0.2) is 24.3 Å². The van der Waals surface area contributed by atoms with Gasteiger partial charge in [0.2, 0.25) is 5.91 Å². The van der Waals surface area contributed by atoms with Crippen molar-refractivity contribution in [2.45, 2.75) is 39.0 Å². The minimum Gasteiger partial charge on any atom is -0.331 e. The normalized spacial score (nSPS) is 18.8. The van der Waals surface area contributed by atoms with E-state index in [9.17, 15) is 9.59 Å². The number of amides is 3.